The smallest absolute Gasteiger partial charge is 0.148 e. The first-order valence-corrected chi connectivity index (χ1v) is 6.74. The maximum Gasteiger partial charge on any atom is 0.148 e. The molecule has 0 aliphatic heterocycles. The number of hydrogen-bond donors (Lipinski definition) is 1. The highest BCUT2D eigenvalue weighted by molar-refractivity contribution is 7.10. The van der Waals surface area contributed by atoms with Gasteiger partial charge in [0.05, 0.1) is 5.02 Å². The number of benzene rings is 1. The molecule has 0 aliphatic carbocycles. The minimum absolute atomic E-state index is 0.0795. The molecule has 0 radical (unpaired) electrons. The van der Waals surface area contributed by atoms with Crippen molar-refractivity contribution in [3.8, 4) is 5.75 Å². The first kappa shape index (κ1) is 13.3. The molecule has 0 fully saturated rings. The van der Waals surface area contributed by atoms with Gasteiger partial charge in [0.15, 0.2) is 0 Å². The van der Waals surface area contributed by atoms with E-state index in [1.54, 1.807) is 17.4 Å². The molecule has 96 valence electrons. The molecule has 0 spiro atoms. The fourth-order valence-electron chi connectivity index (χ4n) is 1.57. The van der Waals surface area contributed by atoms with Crippen LogP contribution in [0.3, 0.4) is 0 Å². The van der Waals surface area contributed by atoms with E-state index in [9.17, 15) is 4.39 Å². The van der Waals surface area contributed by atoms with Gasteiger partial charge in [-0.05, 0) is 30.5 Å². The summed E-state index contributed by atoms with van der Waals surface area (Å²) in [4.78, 5) is 1.01. The zero-order chi connectivity index (χ0) is 13.1. The summed E-state index contributed by atoms with van der Waals surface area (Å²) in [7, 11) is 0. The number of rotatable bonds is 4. The van der Waals surface area contributed by atoms with Gasteiger partial charge < -0.3 is 10.5 Å². The highest BCUT2D eigenvalue weighted by atomic mass is 35.5. The zero-order valence-electron chi connectivity index (χ0n) is 9.77. The summed E-state index contributed by atoms with van der Waals surface area (Å²) >= 11 is 7.19. The molecule has 0 aliphatic rings. The minimum atomic E-state index is -0.497. The SMILES string of the molecule is CC(N)C(Oc1ccc(Cl)c(F)c1)c1cccs1. The van der Waals surface area contributed by atoms with Crippen LogP contribution in [-0.4, -0.2) is 6.04 Å². The molecular formula is C13H13ClFNOS. The average molecular weight is 286 g/mol. The lowest BCUT2D eigenvalue weighted by Gasteiger charge is -2.21. The molecule has 2 N–H and O–H groups in total. The van der Waals surface area contributed by atoms with Crippen LogP contribution >= 0.6 is 22.9 Å². The van der Waals surface area contributed by atoms with E-state index in [4.69, 9.17) is 22.1 Å². The first-order valence-electron chi connectivity index (χ1n) is 5.48. The summed E-state index contributed by atoms with van der Waals surface area (Å²) in [5.41, 5.74) is 5.91. The minimum Gasteiger partial charge on any atom is -0.483 e. The average Bonchev–Trinajstić information content (AvgIpc) is 2.83. The van der Waals surface area contributed by atoms with E-state index in [0.29, 0.717) is 5.75 Å². The van der Waals surface area contributed by atoms with E-state index >= 15 is 0 Å². The summed E-state index contributed by atoms with van der Waals surface area (Å²) in [6.45, 7) is 1.86. The van der Waals surface area contributed by atoms with Crippen molar-refractivity contribution in [2.45, 2.75) is 19.1 Å². The van der Waals surface area contributed by atoms with Gasteiger partial charge in [-0.1, -0.05) is 17.7 Å². The molecule has 1 aromatic heterocycles. The fraction of sp³-hybridized carbons (Fsp3) is 0.231. The Hall–Kier alpha value is -1.10. The molecule has 5 heteroatoms. The largest absolute Gasteiger partial charge is 0.483 e. The van der Waals surface area contributed by atoms with E-state index in [-0.39, 0.29) is 17.2 Å². The molecule has 2 nitrogen and oxygen atoms in total. The van der Waals surface area contributed by atoms with Crippen molar-refractivity contribution in [2.75, 3.05) is 0 Å². The van der Waals surface area contributed by atoms with Crippen LogP contribution in [0.25, 0.3) is 0 Å². The van der Waals surface area contributed by atoms with Crippen molar-refractivity contribution in [3.05, 3.63) is 51.4 Å². The molecular weight excluding hydrogens is 273 g/mol. The number of ether oxygens (including phenoxy) is 1. The van der Waals surface area contributed by atoms with Crippen LogP contribution in [0.5, 0.6) is 5.75 Å². The second-order valence-electron chi connectivity index (χ2n) is 3.99. The van der Waals surface area contributed by atoms with Gasteiger partial charge in [0.25, 0.3) is 0 Å². The molecule has 1 aromatic carbocycles. The van der Waals surface area contributed by atoms with Crippen LogP contribution in [0.15, 0.2) is 35.7 Å². The Morgan fingerprint density at radius 3 is 2.72 bits per heavy atom. The van der Waals surface area contributed by atoms with E-state index in [1.165, 1.54) is 12.1 Å². The lowest BCUT2D eigenvalue weighted by Crippen LogP contribution is -2.28. The lowest BCUT2D eigenvalue weighted by atomic mass is 10.1. The Balaban J connectivity index is 2.21. The summed E-state index contributed by atoms with van der Waals surface area (Å²) < 4.78 is 19.1. The molecule has 18 heavy (non-hydrogen) atoms. The topological polar surface area (TPSA) is 35.2 Å². The van der Waals surface area contributed by atoms with E-state index < -0.39 is 5.82 Å². The maximum atomic E-state index is 13.3. The lowest BCUT2D eigenvalue weighted by molar-refractivity contribution is 0.183. The van der Waals surface area contributed by atoms with E-state index in [0.717, 1.165) is 4.88 Å². The van der Waals surface area contributed by atoms with Crippen molar-refractivity contribution >= 4 is 22.9 Å². The maximum absolute atomic E-state index is 13.3. The van der Waals surface area contributed by atoms with Crippen LogP contribution in [0.1, 0.15) is 17.9 Å². The molecule has 0 amide bonds. The summed E-state index contributed by atoms with van der Waals surface area (Å²) in [6, 6.07) is 8.06. The number of thiophene rings is 1. The molecule has 1 heterocycles. The molecule has 2 aromatic rings. The van der Waals surface area contributed by atoms with Gasteiger partial charge in [-0.2, -0.15) is 0 Å². The molecule has 2 atom stereocenters. The van der Waals surface area contributed by atoms with Gasteiger partial charge in [-0.15, -0.1) is 11.3 Å². The standard InChI is InChI=1S/C13H13ClFNOS/c1-8(16)13(12-3-2-6-18-12)17-9-4-5-10(14)11(15)7-9/h2-8,13H,16H2,1H3. The highest BCUT2D eigenvalue weighted by Crippen LogP contribution is 2.29. The summed E-state index contributed by atoms with van der Waals surface area (Å²) in [5.74, 6) is -0.0728. The molecule has 0 saturated heterocycles. The number of hydrogen-bond acceptors (Lipinski definition) is 3. The highest BCUT2D eigenvalue weighted by Gasteiger charge is 2.19. The predicted octanol–water partition coefficient (Wildman–Crippen LogP) is 4.01. The normalized spacial score (nSPS) is 14.2. The Bertz CT molecular complexity index is 516. The van der Waals surface area contributed by atoms with Gasteiger partial charge in [0.1, 0.15) is 17.7 Å². The van der Waals surface area contributed by atoms with Crippen molar-refractivity contribution in [1.82, 2.24) is 0 Å². The summed E-state index contributed by atoms with van der Waals surface area (Å²) in [5, 5.41) is 2.03. The monoisotopic (exact) mass is 285 g/mol. The predicted molar refractivity (Wildman–Crippen MR) is 72.7 cm³/mol. The third-order valence-corrected chi connectivity index (χ3v) is 3.70. The van der Waals surface area contributed by atoms with Gasteiger partial charge in [0.2, 0.25) is 0 Å². The van der Waals surface area contributed by atoms with Gasteiger partial charge in [0, 0.05) is 17.0 Å². The van der Waals surface area contributed by atoms with Crippen molar-refractivity contribution in [2.24, 2.45) is 5.73 Å². The second-order valence-corrected chi connectivity index (χ2v) is 5.38. The third kappa shape index (κ3) is 3.02. The van der Waals surface area contributed by atoms with Crippen LogP contribution in [0, 0.1) is 5.82 Å². The van der Waals surface area contributed by atoms with Gasteiger partial charge in [-0.3, -0.25) is 0 Å². The van der Waals surface area contributed by atoms with Gasteiger partial charge in [-0.25, -0.2) is 4.39 Å². The number of nitrogens with two attached hydrogens (primary N) is 1. The van der Waals surface area contributed by atoms with Crippen LogP contribution < -0.4 is 10.5 Å². The quantitative estimate of drug-likeness (QED) is 0.921. The Kier molecular flexibility index (Phi) is 4.22. The van der Waals surface area contributed by atoms with Gasteiger partial charge >= 0.3 is 0 Å². The van der Waals surface area contributed by atoms with Crippen LogP contribution in [-0.2, 0) is 0 Å². The van der Waals surface area contributed by atoms with Crippen LogP contribution in [0.4, 0.5) is 4.39 Å². The molecule has 2 unspecified atom stereocenters. The molecule has 2 rings (SSSR count). The zero-order valence-corrected chi connectivity index (χ0v) is 11.3. The Morgan fingerprint density at radius 2 is 2.17 bits per heavy atom. The fourth-order valence-corrected chi connectivity index (χ4v) is 2.56. The number of halogens is 2. The van der Waals surface area contributed by atoms with Crippen LogP contribution in [0.2, 0.25) is 5.02 Å². The van der Waals surface area contributed by atoms with Crippen molar-refractivity contribution < 1.29 is 9.13 Å². The van der Waals surface area contributed by atoms with E-state index in [1.807, 2.05) is 24.4 Å². The summed E-state index contributed by atoms with van der Waals surface area (Å²) in [6.07, 6.45) is -0.287. The third-order valence-electron chi connectivity index (χ3n) is 2.46. The Morgan fingerprint density at radius 1 is 1.39 bits per heavy atom. The first-order chi connectivity index (χ1) is 8.58. The second kappa shape index (κ2) is 5.69. The van der Waals surface area contributed by atoms with E-state index in [2.05, 4.69) is 0 Å². The molecule has 0 saturated carbocycles. The molecule has 0 bridgehead atoms. The Labute approximate surface area is 114 Å². The van der Waals surface area contributed by atoms with Crippen molar-refractivity contribution in [1.29, 1.82) is 0 Å². The van der Waals surface area contributed by atoms with Crippen molar-refractivity contribution in [3.63, 3.8) is 0 Å².